The lowest BCUT2D eigenvalue weighted by Crippen LogP contribution is -2.17. The number of hydrogen-bond donors (Lipinski definition) is 3. The second-order valence-electron chi connectivity index (χ2n) is 5.98. The van der Waals surface area contributed by atoms with Crippen LogP contribution in [-0.2, 0) is 6.18 Å². The van der Waals surface area contributed by atoms with Crippen LogP contribution in [0.2, 0.25) is 5.02 Å². The van der Waals surface area contributed by atoms with Gasteiger partial charge in [0.1, 0.15) is 5.75 Å². The normalized spacial score (nSPS) is 12.2. The van der Waals surface area contributed by atoms with Crippen LogP contribution in [0.15, 0.2) is 65.8 Å². The number of oxime groups is 1. The van der Waals surface area contributed by atoms with Gasteiger partial charge in [0.05, 0.1) is 5.56 Å². The highest BCUT2D eigenvalue weighted by atomic mass is 35.5. The zero-order valence-corrected chi connectivity index (χ0v) is 15.0. The highest BCUT2D eigenvalue weighted by Crippen LogP contribution is 2.41. The van der Waals surface area contributed by atoms with E-state index in [1.807, 2.05) is 0 Å². The van der Waals surface area contributed by atoms with Crippen molar-refractivity contribution >= 4 is 17.4 Å². The van der Waals surface area contributed by atoms with Gasteiger partial charge in [0.15, 0.2) is 5.84 Å². The number of halogens is 4. The molecule has 0 radical (unpaired) electrons. The number of nitrogens with two attached hydrogens (primary N) is 1. The molecular formula is C20H14ClF3N2O2. The summed E-state index contributed by atoms with van der Waals surface area (Å²) in [5.41, 5.74) is 6.18. The minimum Gasteiger partial charge on any atom is -0.508 e. The van der Waals surface area contributed by atoms with E-state index in [9.17, 15) is 18.3 Å². The lowest BCUT2D eigenvalue weighted by molar-refractivity contribution is -0.137. The summed E-state index contributed by atoms with van der Waals surface area (Å²) in [4.78, 5) is 0. The minimum absolute atomic E-state index is 0.0274. The lowest BCUT2D eigenvalue weighted by atomic mass is 9.88. The fourth-order valence-electron chi connectivity index (χ4n) is 2.86. The molecule has 0 fully saturated rings. The van der Waals surface area contributed by atoms with Gasteiger partial charge in [-0.3, -0.25) is 0 Å². The largest absolute Gasteiger partial charge is 0.508 e. The smallest absolute Gasteiger partial charge is 0.416 e. The third kappa shape index (κ3) is 3.89. The molecule has 0 heterocycles. The van der Waals surface area contributed by atoms with Crippen LogP contribution < -0.4 is 5.73 Å². The van der Waals surface area contributed by atoms with Gasteiger partial charge in [-0.1, -0.05) is 41.0 Å². The van der Waals surface area contributed by atoms with Gasteiger partial charge in [-0.15, -0.1) is 0 Å². The molecule has 0 spiro atoms. The summed E-state index contributed by atoms with van der Waals surface area (Å²) in [5, 5.41) is 22.0. The van der Waals surface area contributed by atoms with E-state index in [4.69, 9.17) is 22.5 Å². The van der Waals surface area contributed by atoms with Crippen LogP contribution in [0, 0.1) is 0 Å². The van der Waals surface area contributed by atoms with Crippen molar-refractivity contribution in [3.8, 4) is 28.0 Å². The Morgan fingerprint density at radius 3 is 2.04 bits per heavy atom. The van der Waals surface area contributed by atoms with Crippen molar-refractivity contribution < 1.29 is 23.5 Å². The first-order valence-corrected chi connectivity index (χ1v) is 8.37. The van der Waals surface area contributed by atoms with Crippen LogP contribution in [0.5, 0.6) is 5.75 Å². The Morgan fingerprint density at radius 1 is 0.929 bits per heavy atom. The van der Waals surface area contributed by atoms with Crippen molar-refractivity contribution in [2.75, 3.05) is 0 Å². The number of phenols is 1. The highest BCUT2D eigenvalue weighted by Gasteiger charge is 2.33. The van der Waals surface area contributed by atoms with E-state index >= 15 is 0 Å². The molecule has 144 valence electrons. The average molecular weight is 407 g/mol. The zero-order chi connectivity index (χ0) is 20.5. The molecule has 0 saturated heterocycles. The Bertz CT molecular complexity index is 1030. The number of rotatable bonds is 3. The SMILES string of the molecule is N/C(=N/O)c1cc(C(F)(F)F)cc(-c2ccc(O)cc2)c1-c1ccc(Cl)cc1. The average Bonchev–Trinajstić information content (AvgIpc) is 2.67. The molecule has 3 aromatic rings. The van der Waals surface area contributed by atoms with Crippen LogP contribution >= 0.6 is 11.6 Å². The standard InChI is InChI=1S/C20H14ClF3N2O2/c21-14-5-1-12(2-6-14)18-16(11-3-7-15(27)8-4-11)9-13(20(22,23)24)10-17(18)19(25)26-28/h1-10,27-28H,(H2,25,26). The van der Waals surface area contributed by atoms with E-state index in [1.165, 1.54) is 24.3 Å². The second kappa shape index (κ2) is 7.44. The molecule has 0 unspecified atom stereocenters. The molecule has 0 aromatic heterocycles. The fourth-order valence-corrected chi connectivity index (χ4v) is 2.98. The summed E-state index contributed by atoms with van der Waals surface area (Å²) in [6.07, 6.45) is -4.64. The Balaban J connectivity index is 2.42. The van der Waals surface area contributed by atoms with Gasteiger partial charge in [-0.05, 0) is 53.1 Å². The van der Waals surface area contributed by atoms with E-state index in [-0.39, 0.29) is 16.9 Å². The van der Waals surface area contributed by atoms with Crippen LogP contribution in [0.25, 0.3) is 22.3 Å². The first-order valence-electron chi connectivity index (χ1n) is 7.99. The molecule has 3 aromatic carbocycles. The van der Waals surface area contributed by atoms with Crippen LogP contribution in [0.3, 0.4) is 0 Å². The topological polar surface area (TPSA) is 78.8 Å². The van der Waals surface area contributed by atoms with Crippen LogP contribution in [-0.4, -0.2) is 16.1 Å². The van der Waals surface area contributed by atoms with Gasteiger partial charge < -0.3 is 16.0 Å². The van der Waals surface area contributed by atoms with E-state index in [1.54, 1.807) is 24.3 Å². The number of amidine groups is 1. The molecule has 0 bridgehead atoms. The molecule has 0 aliphatic rings. The number of phenolic OH excluding ortho intramolecular Hbond substituents is 1. The Kier molecular flexibility index (Phi) is 5.20. The Hall–Kier alpha value is -3.19. The second-order valence-corrected chi connectivity index (χ2v) is 6.42. The van der Waals surface area contributed by atoms with Gasteiger partial charge in [0, 0.05) is 16.1 Å². The molecule has 0 aliphatic carbocycles. The van der Waals surface area contributed by atoms with Crippen molar-refractivity contribution in [1.29, 1.82) is 0 Å². The fraction of sp³-hybridized carbons (Fsp3) is 0.0500. The number of hydrogen-bond acceptors (Lipinski definition) is 3. The van der Waals surface area contributed by atoms with Crippen molar-refractivity contribution in [3.05, 3.63) is 76.8 Å². The number of nitrogens with zero attached hydrogens (tertiary/aromatic N) is 1. The Morgan fingerprint density at radius 2 is 1.50 bits per heavy atom. The van der Waals surface area contributed by atoms with E-state index in [2.05, 4.69) is 5.16 Å². The maximum Gasteiger partial charge on any atom is 0.416 e. The van der Waals surface area contributed by atoms with Crippen LogP contribution in [0.1, 0.15) is 11.1 Å². The van der Waals surface area contributed by atoms with Crippen molar-refractivity contribution in [1.82, 2.24) is 0 Å². The quantitative estimate of drug-likeness (QED) is 0.233. The molecule has 0 saturated carbocycles. The van der Waals surface area contributed by atoms with Gasteiger partial charge in [0.25, 0.3) is 0 Å². The monoisotopic (exact) mass is 406 g/mol. The summed E-state index contributed by atoms with van der Waals surface area (Å²) in [7, 11) is 0. The van der Waals surface area contributed by atoms with Gasteiger partial charge in [0.2, 0.25) is 0 Å². The molecule has 0 amide bonds. The molecule has 0 atom stereocenters. The number of alkyl halides is 3. The zero-order valence-electron chi connectivity index (χ0n) is 14.2. The number of benzene rings is 3. The number of aromatic hydroxyl groups is 1. The molecule has 4 nitrogen and oxygen atoms in total. The van der Waals surface area contributed by atoms with Gasteiger partial charge in [-0.25, -0.2) is 0 Å². The maximum absolute atomic E-state index is 13.5. The Labute approximate surface area is 163 Å². The van der Waals surface area contributed by atoms with E-state index in [0.29, 0.717) is 21.7 Å². The molecule has 28 heavy (non-hydrogen) atoms. The first kappa shape index (κ1) is 19.6. The summed E-state index contributed by atoms with van der Waals surface area (Å²) >= 11 is 5.92. The molecular weight excluding hydrogens is 393 g/mol. The van der Waals surface area contributed by atoms with Crippen molar-refractivity contribution in [3.63, 3.8) is 0 Å². The predicted octanol–water partition coefficient (Wildman–Crippen LogP) is 5.49. The lowest BCUT2D eigenvalue weighted by Gasteiger charge is -2.19. The van der Waals surface area contributed by atoms with Gasteiger partial charge in [-0.2, -0.15) is 13.2 Å². The maximum atomic E-state index is 13.5. The highest BCUT2D eigenvalue weighted by molar-refractivity contribution is 6.30. The first-order chi connectivity index (χ1) is 13.2. The van der Waals surface area contributed by atoms with Gasteiger partial charge >= 0.3 is 6.18 Å². The predicted molar refractivity (Wildman–Crippen MR) is 102 cm³/mol. The summed E-state index contributed by atoms with van der Waals surface area (Å²) in [6.45, 7) is 0. The third-order valence-electron chi connectivity index (χ3n) is 4.16. The van der Waals surface area contributed by atoms with Crippen molar-refractivity contribution in [2.45, 2.75) is 6.18 Å². The molecule has 3 rings (SSSR count). The molecule has 8 heteroatoms. The van der Waals surface area contributed by atoms with E-state index < -0.39 is 17.6 Å². The summed E-state index contributed by atoms with van der Waals surface area (Å²) in [5.74, 6) is -0.489. The summed E-state index contributed by atoms with van der Waals surface area (Å²) < 4.78 is 40.4. The minimum atomic E-state index is -4.64. The molecule has 4 N–H and O–H groups in total. The van der Waals surface area contributed by atoms with Crippen molar-refractivity contribution in [2.24, 2.45) is 10.9 Å². The third-order valence-corrected chi connectivity index (χ3v) is 4.41. The summed E-state index contributed by atoms with van der Waals surface area (Å²) in [6, 6.07) is 14.0. The molecule has 0 aliphatic heterocycles. The van der Waals surface area contributed by atoms with E-state index in [0.717, 1.165) is 12.1 Å². The van der Waals surface area contributed by atoms with Crippen LogP contribution in [0.4, 0.5) is 13.2 Å².